The average molecular weight is 358 g/mol. The number of rotatable bonds is 2. The van der Waals surface area contributed by atoms with E-state index in [0.29, 0.717) is 12.1 Å². The molecule has 1 aliphatic rings. The van der Waals surface area contributed by atoms with Gasteiger partial charge in [-0.1, -0.05) is 18.2 Å². The number of aromatic amines is 1. The van der Waals surface area contributed by atoms with Crippen LogP contribution in [0.3, 0.4) is 0 Å². The quantitative estimate of drug-likeness (QED) is 0.597. The third-order valence-electron chi connectivity index (χ3n) is 5.32. The molecular formula is C20H18N6O. The number of amides is 1. The molecule has 1 amide bonds. The molecule has 134 valence electrons. The summed E-state index contributed by atoms with van der Waals surface area (Å²) in [4.78, 5) is 18.5. The molecule has 0 unspecified atom stereocenters. The molecule has 27 heavy (non-hydrogen) atoms. The fourth-order valence-electron chi connectivity index (χ4n) is 3.91. The average Bonchev–Trinajstić information content (AvgIpc) is 3.36. The lowest BCUT2D eigenvalue weighted by molar-refractivity contribution is 0.0674. The molecule has 4 aromatic rings. The van der Waals surface area contributed by atoms with Crippen molar-refractivity contribution < 1.29 is 4.79 Å². The van der Waals surface area contributed by atoms with Gasteiger partial charge in [-0.15, -0.1) is 5.10 Å². The molecule has 7 heteroatoms. The minimum Gasteiger partial charge on any atom is -0.356 e. The number of para-hydroxylation sites is 1. The van der Waals surface area contributed by atoms with Crippen LogP contribution in [0.5, 0.6) is 0 Å². The van der Waals surface area contributed by atoms with Crippen molar-refractivity contribution in [3.63, 3.8) is 0 Å². The van der Waals surface area contributed by atoms with Crippen molar-refractivity contribution in [2.45, 2.75) is 19.4 Å². The molecule has 1 atom stereocenters. The van der Waals surface area contributed by atoms with Crippen LogP contribution in [0.25, 0.3) is 16.6 Å². The third-order valence-corrected chi connectivity index (χ3v) is 5.32. The van der Waals surface area contributed by atoms with Crippen molar-refractivity contribution in [3.05, 3.63) is 71.7 Å². The maximum absolute atomic E-state index is 13.1. The van der Waals surface area contributed by atoms with Gasteiger partial charge in [0.2, 0.25) is 0 Å². The first-order valence-corrected chi connectivity index (χ1v) is 8.96. The Balaban J connectivity index is 1.44. The number of nitrogens with zero attached hydrogens (tertiary/aromatic N) is 5. The van der Waals surface area contributed by atoms with Gasteiger partial charge < -0.3 is 9.88 Å². The largest absolute Gasteiger partial charge is 0.356 e. The highest BCUT2D eigenvalue weighted by atomic mass is 16.2. The van der Waals surface area contributed by atoms with Gasteiger partial charge in [-0.05, 0) is 59.7 Å². The van der Waals surface area contributed by atoms with Crippen LogP contribution >= 0.6 is 0 Å². The molecule has 3 heterocycles. The molecule has 5 rings (SSSR count). The van der Waals surface area contributed by atoms with Crippen molar-refractivity contribution in [3.8, 4) is 5.69 Å². The molecule has 0 fully saturated rings. The van der Waals surface area contributed by atoms with E-state index in [1.807, 2.05) is 35.2 Å². The van der Waals surface area contributed by atoms with E-state index in [-0.39, 0.29) is 11.9 Å². The molecule has 2 aromatic heterocycles. The highest BCUT2D eigenvalue weighted by Crippen LogP contribution is 2.34. The summed E-state index contributed by atoms with van der Waals surface area (Å²) in [6, 6.07) is 15.7. The van der Waals surface area contributed by atoms with Crippen LogP contribution < -0.4 is 0 Å². The van der Waals surface area contributed by atoms with Crippen LogP contribution in [0, 0.1) is 0 Å². The van der Waals surface area contributed by atoms with Gasteiger partial charge in [0, 0.05) is 28.7 Å². The fraction of sp³-hybridized carbons (Fsp3) is 0.200. The summed E-state index contributed by atoms with van der Waals surface area (Å²) in [5.41, 5.74) is 5.09. The molecule has 0 radical (unpaired) electrons. The molecule has 7 nitrogen and oxygen atoms in total. The van der Waals surface area contributed by atoms with Gasteiger partial charge >= 0.3 is 0 Å². The van der Waals surface area contributed by atoms with Crippen molar-refractivity contribution in [1.82, 2.24) is 30.1 Å². The van der Waals surface area contributed by atoms with Gasteiger partial charge in [-0.25, -0.2) is 4.68 Å². The molecular weight excluding hydrogens is 340 g/mol. The molecule has 1 N–H and O–H groups in total. The Morgan fingerprint density at radius 2 is 1.96 bits per heavy atom. The van der Waals surface area contributed by atoms with Crippen LogP contribution in [0.15, 0.2) is 54.9 Å². The second-order valence-electron chi connectivity index (χ2n) is 6.79. The van der Waals surface area contributed by atoms with Crippen LogP contribution in [-0.4, -0.2) is 42.5 Å². The zero-order valence-electron chi connectivity index (χ0n) is 14.8. The van der Waals surface area contributed by atoms with E-state index in [2.05, 4.69) is 45.6 Å². The van der Waals surface area contributed by atoms with Crippen LogP contribution in [0.2, 0.25) is 0 Å². The number of benzene rings is 2. The highest BCUT2D eigenvalue weighted by molar-refractivity contribution is 5.95. The van der Waals surface area contributed by atoms with Gasteiger partial charge in [0.1, 0.15) is 6.33 Å². The smallest absolute Gasteiger partial charge is 0.254 e. The zero-order chi connectivity index (χ0) is 18.4. The van der Waals surface area contributed by atoms with Gasteiger partial charge in [-0.2, -0.15) is 0 Å². The summed E-state index contributed by atoms with van der Waals surface area (Å²) >= 11 is 0. The Morgan fingerprint density at radius 1 is 1.15 bits per heavy atom. The standard InChI is InChI=1S/C20H18N6O/c1-13-19-17(16-4-2-3-5-18(16)22-19)10-11-25(13)20(27)14-6-8-15(9-7-14)26-12-21-23-24-26/h2-9,12-13,22H,10-11H2,1H3/t13-/m0/s1. The molecule has 0 saturated heterocycles. The number of tetrazole rings is 1. The summed E-state index contributed by atoms with van der Waals surface area (Å²) in [5, 5.41) is 12.4. The Kier molecular flexibility index (Phi) is 3.53. The Bertz CT molecular complexity index is 1110. The molecule has 1 aliphatic heterocycles. The summed E-state index contributed by atoms with van der Waals surface area (Å²) in [7, 11) is 0. The number of hydrogen-bond donors (Lipinski definition) is 1. The van der Waals surface area contributed by atoms with Gasteiger partial charge in [0.05, 0.1) is 11.7 Å². The Morgan fingerprint density at radius 3 is 2.74 bits per heavy atom. The first-order chi connectivity index (χ1) is 13.2. The van der Waals surface area contributed by atoms with E-state index in [4.69, 9.17) is 0 Å². The summed E-state index contributed by atoms with van der Waals surface area (Å²) < 4.78 is 1.56. The van der Waals surface area contributed by atoms with Crippen molar-refractivity contribution in [2.75, 3.05) is 6.54 Å². The molecule has 2 aromatic carbocycles. The van der Waals surface area contributed by atoms with Gasteiger partial charge in [0.15, 0.2) is 0 Å². The SMILES string of the molecule is C[C@H]1c2[nH]c3ccccc3c2CCN1C(=O)c1ccc(-n2cnnn2)cc1. The van der Waals surface area contributed by atoms with Crippen LogP contribution in [0.1, 0.15) is 34.6 Å². The second kappa shape index (κ2) is 6.05. The molecule has 0 bridgehead atoms. The minimum atomic E-state index is 0.00726. The number of aromatic nitrogens is 5. The van der Waals surface area contributed by atoms with Crippen LogP contribution in [0.4, 0.5) is 0 Å². The van der Waals surface area contributed by atoms with E-state index >= 15 is 0 Å². The predicted molar refractivity (Wildman–Crippen MR) is 101 cm³/mol. The number of fused-ring (bicyclic) bond motifs is 3. The maximum atomic E-state index is 13.1. The number of hydrogen-bond acceptors (Lipinski definition) is 4. The number of nitrogens with one attached hydrogen (secondary N) is 1. The summed E-state index contributed by atoms with van der Waals surface area (Å²) in [5.74, 6) is 0.0371. The summed E-state index contributed by atoms with van der Waals surface area (Å²) in [6.07, 6.45) is 2.39. The first-order valence-electron chi connectivity index (χ1n) is 8.96. The number of carbonyl (C=O) groups is 1. The van der Waals surface area contributed by atoms with E-state index in [9.17, 15) is 4.79 Å². The molecule has 0 spiro atoms. The van der Waals surface area contributed by atoms with E-state index in [1.54, 1.807) is 4.68 Å². The highest BCUT2D eigenvalue weighted by Gasteiger charge is 2.30. The number of carbonyl (C=O) groups excluding carboxylic acids is 1. The third kappa shape index (κ3) is 2.51. The van der Waals surface area contributed by atoms with Gasteiger partial charge in [-0.3, -0.25) is 4.79 Å². The first kappa shape index (κ1) is 15.7. The predicted octanol–water partition coefficient (Wildman–Crippen LogP) is 2.90. The minimum absolute atomic E-state index is 0.00726. The van der Waals surface area contributed by atoms with Crippen molar-refractivity contribution in [2.24, 2.45) is 0 Å². The van der Waals surface area contributed by atoms with E-state index in [1.165, 1.54) is 17.3 Å². The maximum Gasteiger partial charge on any atom is 0.254 e. The molecule has 0 aliphatic carbocycles. The van der Waals surface area contributed by atoms with Crippen LogP contribution in [-0.2, 0) is 6.42 Å². The van der Waals surface area contributed by atoms with Crippen molar-refractivity contribution in [1.29, 1.82) is 0 Å². The Hall–Kier alpha value is -3.48. The van der Waals surface area contributed by atoms with E-state index in [0.717, 1.165) is 23.3 Å². The normalized spacial score (nSPS) is 16.5. The van der Waals surface area contributed by atoms with Gasteiger partial charge in [0.25, 0.3) is 5.91 Å². The fourth-order valence-corrected chi connectivity index (χ4v) is 3.91. The molecule has 0 saturated carbocycles. The monoisotopic (exact) mass is 358 g/mol. The zero-order valence-corrected chi connectivity index (χ0v) is 14.8. The Labute approximate surface area is 155 Å². The topological polar surface area (TPSA) is 79.7 Å². The van der Waals surface area contributed by atoms with Crippen molar-refractivity contribution >= 4 is 16.8 Å². The number of H-pyrrole nitrogens is 1. The second-order valence-corrected chi connectivity index (χ2v) is 6.79. The lowest BCUT2D eigenvalue weighted by atomic mass is 9.97. The lowest BCUT2D eigenvalue weighted by Gasteiger charge is -2.33. The van der Waals surface area contributed by atoms with E-state index < -0.39 is 0 Å². The summed E-state index contributed by atoms with van der Waals surface area (Å²) in [6.45, 7) is 2.80. The lowest BCUT2D eigenvalue weighted by Crippen LogP contribution is -2.38.